The molecule has 3 aromatic rings. The van der Waals surface area contributed by atoms with Crippen LogP contribution in [0, 0.1) is 6.92 Å². The molecule has 1 N–H and O–H groups in total. The zero-order chi connectivity index (χ0) is 24.8. The molecule has 7 heteroatoms. The molecular weight excluding hydrogens is 444 g/mol. The highest BCUT2D eigenvalue weighted by Gasteiger charge is 2.23. The predicted molar refractivity (Wildman–Crippen MR) is 134 cm³/mol. The monoisotopic (exact) mass is 472 g/mol. The number of carbonyl (C=O) groups is 3. The molecule has 0 aliphatic carbocycles. The summed E-state index contributed by atoms with van der Waals surface area (Å²) in [6.45, 7) is 6.48. The van der Waals surface area contributed by atoms with Crippen LogP contribution in [0.2, 0.25) is 0 Å². The van der Waals surface area contributed by atoms with E-state index in [1.165, 1.54) is 13.0 Å². The Morgan fingerprint density at radius 1 is 0.886 bits per heavy atom. The van der Waals surface area contributed by atoms with Crippen molar-refractivity contribution in [3.8, 4) is 0 Å². The van der Waals surface area contributed by atoms with Gasteiger partial charge in [-0.05, 0) is 44.2 Å². The van der Waals surface area contributed by atoms with Gasteiger partial charge < -0.3 is 19.7 Å². The first kappa shape index (κ1) is 24.2. The Labute approximate surface area is 204 Å². The van der Waals surface area contributed by atoms with E-state index >= 15 is 0 Å². The Morgan fingerprint density at radius 3 is 2.17 bits per heavy atom. The molecule has 1 saturated heterocycles. The number of anilines is 2. The van der Waals surface area contributed by atoms with Gasteiger partial charge >= 0.3 is 5.97 Å². The van der Waals surface area contributed by atoms with Crippen LogP contribution in [0.5, 0.6) is 0 Å². The highest BCUT2D eigenvalue weighted by atomic mass is 16.5. The van der Waals surface area contributed by atoms with E-state index in [-0.39, 0.29) is 16.9 Å². The third-order valence-electron chi connectivity index (χ3n) is 5.87. The summed E-state index contributed by atoms with van der Waals surface area (Å²) in [7, 11) is 0. The molecule has 0 saturated carbocycles. The van der Waals surface area contributed by atoms with Crippen molar-refractivity contribution in [3.05, 3.63) is 95.1 Å². The van der Waals surface area contributed by atoms with Gasteiger partial charge in [0.25, 0.3) is 5.91 Å². The number of rotatable bonds is 7. The van der Waals surface area contributed by atoms with Crippen molar-refractivity contribution < 1.29 is 23.9 Å². The summed E-state index contributed by atoms with van der Waals surface area (Å²) in [4.78, 5) is 40.7. The van der Waals surface area contributed by atoms with Gasteiger partial charge in [-0.1, -0.05) is 48.0 Å². The number of hydrogen-bond acceptors (Lipinski definition) is 6. The van der Waals surface area contributed by atoms with E-state index in [9.17, 15) is 14.4 Å². The number of nitrogens with one attached hydrogen (secondary N) is 1. The van der Waals surface area contributed by atoms with Crippen LogP contribution >= 0.6 is 0 Å². The summed E-state index contributed by atoms with van der Waals surface area (Å²) < 4.78 is 10.8. The number of hydrogen-bond donors (Lipinski definition) is 1. The zero-order valence-corrected chi connectivity index (χ0v) is 19.8. The summed E-state index contributed by atoms with van der Waals surface area (Å²) in [5.74, 6) is -1.47. The van der Waals surface area contributed by atoms with E-state index in [0.717, 1.165) is 24.3 Å². The van der Waals surface area contributed by atoms with Crippen LogP contribution in [0.1, 0.15) is 38.8 Å². The van der Waals surface area contributed by atoms with Crippen molar-refractivity contribution in [2.24, 2.45) is 0 Å². The molecule has 1 atom stereocenters. The van der Waals surface area contributed by atoms with Gasteiger partial charge in [-0.25, -0.2) is 4.79 Å². The molecule has 1 amide bonds. The minimum Gasteiger partial charge on any atom is -0.449 e. The van der Waals surface area contributed by atoms with Gasteiger partial charge in [0.15, 0.2) is 11.9 Å². The first-order valence-electron chi connectivity index (χ1n) is 11.6. The van der Waals surface area contributed by atoms with E-state index in [1.807, 2.05) is 43.3 Å². The van der Waals surface area contributed by atoms with Gasteiger partial charge in [0, 0.05) is 35.6 Å². The largest absolute Gasteiger partial charge is 0.449 e. The number of morpholine rings is 1. The van der Waals surface area contributed by atoms with Crippen LogP contribution in [0.15, 0.2) is 72.8 Å². The highest BCUT2D eigenvalue weighted by Crippen LogP contribution is 2.20. The van der Waals surface area contributed by atoms with Crippen LogP contribution in [0.25, 0.3) is 0 Å². The highest BCUT2D eigenvalue weighted by molar-refractivity contribution is 6.14. The molecule has 1 heterocycles. The maximum absolute atomic E-state index is 13.0. The van der Waals surface area contributed by atoms with Gasteiger partial charge in [0.05, 0.1) is 18.8 Å². The van der Waals surface area contributed by atoms with Crippen LogP contribution in [-0.4, -0.2) is 50.1 Å². The lowest BCUT2D eigenvalue weighted by Gasteiger charge is -2.28. The molecule has 0 bridgehead atoms. The van der Waals surface area contributed by atoms with Gasteiger partial charge in [-0.2, -0.15) is 0 Å². The molecular formula is C28H28N2O5. The number of ketones is 1. The molecule has 1 unspecified atom stereocenters. The molecule has 4 rings (SSSR count). The molecule has 35 heavy (non-hydrogen) atoms. The summed E-state index contributed by atoms with van der Waals surface area (Å²) in [6.07, 6.45) is -1.05. The lowest BCUT2D eigenvalue weighted by Crippen LogP contribution is -2.36. The van der Waals surface area contributed by atoms with Crippen molar-refractivity contribution in [3.63, 3.8) is 0 Å². The summed E-state index contributed by atoms with van der Waals surface area (Å²) in [6, 6.07) is 21.1. The van der Waals surface area contributed by atoms with Crippen molar-refractivity contribution in [1.29, 1.82) is 0 Å². The number of benzene rings is 3. The minimum atomic E-state index is -1.05. The number of amides is 1. The number of aryl methyl sites for hydroxylation is 1. The van der Waals surface area contributed by atoms with Crippen LogP contribution in [0.4, 0.5) is 11.4 Å². The van der Waals surface area contributed by atoms with E-state index in [0.29, 0.717) is 24.5 Å². The van der Waals surface area contributed by atoms with Crippen molar-refractivity contribution in [1.82, 2.24) is 0 Å². The average molecular weight is 473 g/mol. The Balaban J connectivity index is 1.39. The number of carbonyl (C=O) groups excluding carboxylic acids is 3. The van der Waals surface area contributed by atoms with Crippen molar-refractivity contribution >= 4 is 29.0 Å². The normalized spacial score (nSPS) is 14.2. The molecule has 0 radical (unpaired) electrons. The second kappa shape index (κ2) is 11.0. The third kappa shape index (κ3) is 5.94. The Hall–Kier alpha value is -3.97. The molecule has 180 valence electrons. The lowest BCUT2D eigenvalue weighted by atomic mass is 9.98. The first-order chi connectivity index (χ1) is 16.9. The number of esters is 1. The third-order valence-corrected chi connectivity index (χ3v) is 5.87. The first-order valence-corrected chi connectivity index (χ1v) is 11.6. The average Bonchev–Trinajstić information content (AvgIpc) is 2.89. The Morgan fingerprint density at radius 2 is 1.51 bits per heavy atom. The van der Waals surface area contributed by atoms with E-state index in [1.54, 1.807) is 30.3 Å². The Kier molecular flexibility index (Phi) is 7.57. The molecule has 0 spiro atoms. The van der Waals surface area contributed by atoms with Crippen LogP contribution < -0.4 is 10.2 Å². The fourth-order valence-electron chi connectivity index (χ4n) is 3.82. The van der Waals surface area contributed by atoms with Gasteiger partial charge in [-0.15, -0.1) is 0 Å². The molecule has 7 nitrogen and oxygen atoms in total. The molecule has 1 aliphatic rings. The van der Waals surface area contributed by atoms with Gasteiger partial charge in [0.1, 0.15) is 0 Å². The van der Waals surface area contributed by atoms with Crippen molar-refractivity contribution in [2.45, 2.75) is 20.0 Å². The smallest absolute Gasteiger partial charge is 0.339 e. The second-order valence-electron chi connectivity index (χ2n) is 8.42. The quantitative estimate of drug-likeness (QED) is 0.409. The Bertz CT molecular complexity index is 1200. The van der Waals surface area contributed by atoms with E-state index in [2.05, 4.69) is 10.2 Å². The SMILES string of the molecule is Cc1ccc(C(=O)c2ccccc2C(=O)OC(C)C(=O)Nc2ccc(N3CCOCC3)cc2)cc1. The van der Waals surface area contributed by atoms with Crippen molar-refractivity contribution in [2.75, 3.05) is 36.5 Å². The standard InChI is InChI=1S/C28H28N2O5/c1-19-7-9-21(10-8-19)26(31)24-5-3-4-6-25(24)28(33)35-20(2)27(32)29-22-11-13-23(14-12-22)30-15-17-34-18-16-30/h3-14,20H,15-18H2,1-2H3,(H,29,32). The lowest BCUT2D eigenvalue weighted by molar-refractivity contribution is -0.123. The topological polar surface area (TPSA) is 84.9 Å². The van der Waals surface area contributed by atoms with E-state index < -0.39 is 18.0 Å². The van der Waals surface area contributed by atoms with Crippen LogP contribution in [0.3, 0.4) is 0 Å². The molecule has 3 aromatic carbocycles. The zero-order valence-electron chi connectivity index (χ0n) is 19.8. The fraction of sp³-hybridized carbons (Fsp3) is 0.250. The molecule has 0 aromatic heterocycles. The molecule has 1 fully saturated rings. The minimum absolute atomic E-state index is 0.118. The number of ether oxygens (including phenoxy) is 2. The fourth-order valence-corrected chi connectivity index (χ4v) is 3.82. The molecule has 1 aliphatic heterocycles. The maximum Gasteiger partial charge on any atom is 0.339 e. The van der Waals surface area contributed by atoms with E-state index in [4.69, 9.17) is 9.47 Å². The van der Waals surface area contributed by atoms with Gasteiger partial charge in [-0.3, -0.25) is 9.59 Å². The summed E-state index contributed by atoms with van der Waals surface area (Å²) >= 11 is 0. The predicted octanol–water partition coefficient (Wildman–Crippen LogP) is 4.25. The van der Waals surface area contributed by atoms with Gasteiger partial charge in [0.2, 0.25) is 0 Å². The number of nitrogens with zero attached hydrogens (tertiary/aromatic N) is 1. The summed E-state index contributed by atoms with van der Waals surface area (Å²) in [5.41, 5.74) is 3.51. The summed E-state index contributed by atoms with van der Waals surface area (Å²) in [5, 5.41) is 2.77. The maximum atomic E-state index is 13.0. The van der Waals surface area contributed by atoms with Crippen LogP contribution in [-0.2, 0) is 14.3 Å². The second-order valence-corrected chi connectivity index (χ2v) is 8.42.